The van der Waals surface area contributed by atoms with Crippen LogP contribution >= 0.6 is 0 Å². The fourth-order valence-electron chi connectivity index (χ4n) is 5.15. The standard InChI is InChI=1S/C31H32N6O3/c1-21(38)24-11-7-22(8-12-24)19-29(39)37(28-17-15-26(16-18-28)25-5-3-2-4-6-25)20-23-9-13-27(14-10-23)30(40)32-31-33-35-36-34-31/h7-18,25H,2-6,19-20H2,1H3,(H2,32,33,34,35,36,40). The van der Waals surface area contributed by atoms with Crippen molar-refractivity contribution in [1.82, 2.24) is 20.6 Å². The van der Waals surface area contributed by atoms with Gasteiger partial charge >= 0.3 is 0 Å². The SMILES string of the molecule is CC(=O)c1ccc(CC(=O)N(Cc2ccc(C(=O)Nc3nn[nH]n3)cc2)c2ccc(C3CCCCC3)cc2)cc1. The van der Waals surface area contributed by atoms with Crippen LogP contribution in [0.1, 0.15) is 82.4 Å². The monoisotopic (exact) mass is 536 g/mol. The van der Waals surface area contributed by atoms with Gasteiger partial charge in [0.1, 0.15) is 0 Å². The molecule has 1 aliphatic carbocycles. The van der Waals surface area contributed by atoms with Crippen LogP contribution in [0.4, 0.5) is 11.6 Å². The van der Waals surface area contributed by atoms with Gasteiger partial charge in [0.15, 0.2) is 5.78 Å². The molecular weight excluding hydrogens is 504 g/mol. The lowest BCUT2D eigenvalue weighted by Gasteiger charge is -2.25. The molecule has 0 saturated heterocycles. The molecule has 9 nitrogen and oxygen atoms in total. The van der Waals surface area contributed by atoms with Crippen LogP contribution in [0.5, 0.6) is 0 Å². The van der Waals surface area contributed by atoms with Gasteiger partial charge in [0.25, 0.3) is 11.9 Å². The number of Topliss-reactive ketones (excluding diaryl/α,β-unsaturated/α-hetero) is 1. The average Bonchev–Trinajstić information content (AvgIpc) is 3.50. The molecule has 2 N–H and O–H groups in total. The van der Waals surface area contributed by atoms with Crippen molar-refractivity contribution in [1.29, 1.82) is 0 Å². The fraction of sp³-hybridized carbons (Fsp3) is 0.290. The average molecular weight is 537 g/mol. The molecule has 4 aromatic rings. The summed E-state index contributed by atoms with van der Waals surface area (Å²) in [5.74, 6) is 0.261. The molecular formula is C31H32N6O3. The number of amides is 2. The van der Waals surface area contributed by atoms with Gasteiger partial charge in [-0.2, -0.15) is 5.21 Å². The first kappa shape index (κ1) is 26.9. The van der Waals surface area contributed by atoms with Gasteiger partial charge in [-0.05, 0) is 71.9 Å². The molecule has 0 atom stereocenters. The second-order valence-electron chi connectivity index (χ2n) is 10.2. The molecule has 1 fully saturated rings. The highest BCUT2D eigenvalue weighted by Crippen LogP contribution is 2.33. The maximum atomic E-state index is 13.6. The quantitative estimate of drug-likeness (QED) is 0.273. The Bertz CT molecular complexity index is 1440. The molecule has 3 aromatic carbocycles. The van der Waals surface area contributed by atoms with E-state index in [2.05, 4.69) is 38.1 Å². The molecule has 1 aliphatic rings. The molecule has 40 heavy (non-hydrogen) atoms. The van der Waals surface area contributed by atoms with E-state index >= 15 is 0 Å². The number of nitrogens with one attached hydrogen (secondary N) is 2. The Hall–Kier alpha value is -4.66. The summed E-state index contributed by atoms with van der Waals surface area (Å²) in [6.45, 7) is 1.87. The molecule has 0 bridgehead atoms. The summed E-state index contributed by atoms with van der Waals surface area (Å²) in [7, 11) is 0. The minimum Gasteiger partial charge on any atom is -0.308 e. The summed E-state index contributed by atoms with van der Waals surface area (Å²) in [6.07, 6.45) is 6.47. The largest absolute Gasteiger partial charge is 0.308 e. The minimum absolute atomic E-state index is 0.00743. The highest BCUT2D eigenvalue weighted by atomic mass is 16.2. The topological polar surface area (TPSA) is 121 Å². The third-order valence-corrected chi connectivity index (χ3v) is 7.43. The molecule has 0 aliphatic heterocycles. The number of carbonyl (C=O) groups excluding carboxylic acids is 3. The van der Waals surface area contributed by atoms with Crippen molar-refractivity contribution in [2.75, 3.05) is 10.2 Å². The Morgan fingerprint density at radius 3 is 2.12 bits per heavy atom. The van der Waals surface area contributed by atoms with Crippen LogP contribution in [-0.4, -0.2) is 38.2 Å². The van der Waals surface area contributed by atoms with Gasteiger partial charge in [0.05, 0.1) is 13.0 Å². The second-order valence-corrected chi connectivity index (χ2v) is 10.2. The summed E-state index contributed by atoms with van der Waals surface area (Å²) in [4.78, 5) is 39.6. The van der Waals surface area contributed by atoms with E-state index in [1.54, 1.807) is 29.2 Å². The van der Waals surface area contributed by atoms with Crippen molar-refractivity contribution in [2.24, 2.45) is 0 Å². The van der Waals surface area contributed by atoms with Gasteiger partial charge in [-0.25, -0.2) is 0 Å². The van der Waals surface area contributed by atoms with Crippen molar-refractivity contribution >= 4 is 29.2 Å². The van der Waals surface area contributed by atoms with Gasteiger partial charge < -0.3 is 4.90 Å². The number of aromatic amines is 1. The zero-order valence-electron chi connectivity index (χ0n) is 22.5. The first-order valence-corrected chi connectivity index (χ1v) is 13.6. The van der Waals surface area contributed by atoms with Gasteiger partial charge in [-0.15, -0.1) is 5.10 Å². The van der Waals surface area contributed by atoms with E-state index in [0.717, 1.165) is 16.8 Å². The van der Waals surface area contributed by atoms with Crippen molar-refractivity contribution in [2.45, 2.75) is 57.9 Å². The highest BCUT2D eigenvalue weighted by molar-refractivity contribution is 6.03. The Morgan fingerprint density at radius 1 is 0.850 bits per heavy atom. The third-order valence-electron chi connectivity index (χ3n) is 7.43. The van der Waals surface area contributed by atoms with Crippen molar-refractivity contribution < 1.29 is 14.4 Å². The van der Waals surface area contributed by atoms with E-state index in [0.29, 0.717) is 23.6 Å². The summed E-state index contributed by atoms with van der Waals surface area (Å²) >= 11 is 0. The fourth-order valence-corrected chi connectivity index (χ4v) is 5.15. The number of tetrazole rings is 1. The smallest absolute Gasteiger partial charge is 0.270 e. The molecule has 0 unspecified atom stereocenters. The number of rotatable bonds is 9. The Kier molecular flexibility index (Phi) is 8.39. The van der Waals surface area contributed by atoms with E-state index in [4.69, 9.17) is 0 Å². The predicted molar refractivity (Wildman–Crippen MR) is 152 cm³/mol. The van der Waals surface area contributed by atoms with Gasteiger partial charge in [0, 0.05) is 16.8 Å². The molecule has 9 heteroatoms. The van der Waals surface area contributed by atoms with Gasteiger partial charge in [-0.1, -0.05) is 72.9 Å². The molecule has 1 saturated carbocycles. The first-order chi connectivity index (χ1) is 19.5. The number of anilines is 2. The number of hydrogen-bond donors (Lipinski definition) is 2. The van der Waals surface area contributed by atoms with Crippen molar-refractivity contribution in [3.8, 4) is 0 Å². The van der Waals surface area contributed by atoms with Crippen LogP contribution in [0.3, 0.4) is 0 Å². The molecule has 2 amide bonds. The van der Waals surface area contributed by atoms with Crippen LogP contribution in [-0.2, 0) is 17.8 Å². The van der Waals surface area contributed by atoms with Gasteiger partial charge in [0.2, 0.25) is 5.91 Å². The number of aromatic nitrogens is 4. The summed E-state index contributed by atoms with van der Waals surface area (Å²) in [5.41, 5.74) is 4.93. The Labute approximate surface area is 233 Å². The lowest BCUT2D eigenvalue weighted by molar-refractivity contribution is -0.118. The normalized spacial score (nSPS) is 13.5. The summed E-state index contributed by atoms with van der Waals surface area (Å²) in [5, 5.41) is 15.8. The Morgan fingerprint density at radius 2 is 1.50 bits per heavy atom. The number of H-pyrrole nitrogens is 1. The third kappa shape index (κ3) is 6.66. The van der Waals surface area contributed by atoms with Crippen molar-refractivity contribution in [3.63, 3.8) is 0 Å². The number of nitrogens with zero attached hydrogens (tertiary/aromatic N) is 4. The predicted octanol–water partition coefficient (Wildman–Crippen LogP) is 5.48. The van der Waals surface area contributed by atoms with E-state index < -0.39 is 0 Å². The van der Waals surface area contributed by atoms with Crippen LogP contribution in [0.25, 0.3) is 0 Å². The maximum absolute atomic E-state index is 13.6. The van der Waals surface area contributed by atoms with E-state index in [9.17, 15) is 14.4 Å². The molecule has 0 radical (unpaired) electrons. The Balaban J connectivity index is 1.34. The number of hydrogen-bond acceptors (Lipinski definition) is 6. The molecule has 1 aromatic heterocycles. The molecule has 204 valence electrons. The summed E-state index contributed by atoms with van der Waals surface area (Å²) < 4.78 is 0. The zero-order chi connectivity index (χ0) is 27.9. The van der Waals surface area contributed by atoms with E-state index in [-0.39, 0.29) is 30.0 Å². The van der Waals surface area contributed by atoms with Crippen LogP contribution < -0.4 is 10.2 Å². The first-order valence-electron chi connectivity index (χ1n) is 13.6. The van der Waals surface area contributed by atoms with E-state index in [1.165, 1.54) is 44.6 Å². The number of ketones is 1. The zero-order valence-corrected chi connectivity index (χ0v) is 22.5. The number of carbonyl (C=O) groups is 3. The van der Waals surface area contributed by atoms with Crippen LogP contribution in [0.15, 0.2) is 72.8 Å². The maximum Gasteiger partial charge on any atom is 0.270 e. The second kappa shape index (κ2) is 12.5. The minimum atomic E-state index is -0.354. The lowest BCUT2D eigenvalue weighted by Crippen LogP contribution is -2.31. The van der Waals surface area contributed by atoms with Crippen LogP contribution in [0.2, 0.25) is 0 Å². The van der Waals surface area contributed by atoms with E-state index in [1.807, 2.05) is 36.4 Å². The lowest BCUT2D eigenvalue weighted by atomic mass is 9.84. The summed E-state index contributed by atoms with van der Waals surface area (Å²) in [6, 6.07) is 22.6. The molecule has 0 spiro atoms. The number of benzene rings is 3. The van der Waals surface area contributed by atoms with Gasteiger partial charge in [-0.3, -0.25) is 19.7 Å². The van der Waals surface area contributed by atoms with Crippen LogP contribution in [0, 0.1) is 0 Å². The van der Waals surface area contributed by atoms with Crippen molar-refractivity contribution in [3.05, 3.63) is 101 Å². The molecule has 5 rings (SSSR count). The molecule has 1 heterocycles. The highest BCUT2D eigenvalue weighted by Gasteiger charge is 2.20.